The second-order valence-electron chi connectivity index (χ2n) is 6.75. The van der Waals surface area contributed by atoms with E-state index in [1.54, 1.807) is 0 Å². The molecule has 2 aliphatic rings. The largest absolute Gasteiger partial charge is 0.493 e. The molecule has 2 heterocycles. The van der Waals surface area contributed by atoms with Gasteiger partial charge in [0.25, 0.3) is 0 Å². The molecule has 4 N–H and O–H groups in total. The number of hydrazine groups is 1. The lowest BCUT2D eigenvalue weighted by Crippen LogP contribution is -2.45. The molecule has 4 rings (SSSR count). The topological polar surface area (TPSA) is 82.6 Å². The van der Waals surface area contributed by atoms with E-state index in [9.17, 15) is 9.90 Å². The number of hydrogen-bond donors (Lipinski definition) is 4. The Morgan fingerprint density at radius 1 is 1.23 bits per heavy atom. The highest BCUT2D eigenvalue weighted by atomic mass is 16.5. The van der Waals surface area contributed by atoms with Crippen molar-refractivity contribution in [1.29, 1.82) is 0 Å². The van der Waals surface area contributed by atoms with Crippen molar-refractivity contribution in [3.8, 4) is 5.75 Å². The standard InChI is InChI=1S/C20H23N3O3/c24-12-18(13-4-2-1-3-5-13)21-20(25)17-11-16(22-23-17)14-6-7-19-15(10-14)8-9-26-19/h1-7,10,16-18,22-24H,8-9,11-12H2,(H,21,25)/t16?,17?,18-/m1/s1. The van der Waals surface area contributed by atoms with Gasteiger partial charge in [0.15, 0.2) is 0 Å². The van der Waals surface area contributed by atoms with Crippen molar-refractivity contribution >= 4 is 5.91 Å². The third-order valence-corrected chi connectivity index (χ3v) is 5.04. The average molecular weight is 353 g/mol. The molecule has 1 amide bonds. The summed E-state index contributed by atoms with van der Waals surface area (Å²) in [5.41, 5.74) is 9.56. The third-order valence-electron chi connectivity index (χ3n) is 5.04. The van der Waals surface area contributed by atoms with E-state index < -0.39 is 6.04 Å². The number of carbonyl (C=O) groups excluding carboxylic acids is 1. The molecule has 2 aliphatic heterocycles. The summed E-state index contributed by atoms with van der Waals surface area (Å²) in [6.45, 7) is 0.604. The van der Waals surface area contributed by atoms with E-state index in [4.69, 9.17) is 4.74 Å². The Balaban J connectivity index is 1.39. The Morgan fingerprint density at radius 3 is 2.88 bits per heavy atom. The number of fused-ring (bicyclic) bond motifs is 1. The monoisotopic (exact) mass is 353 g/mol. The van der Waals surface area contributed by atoms with Gasteiger partial charge in [0, 0.05) is 12.5 Å². The summed E-state index contributed by atoms with van der Waals surface area (Å²) in [7, 11) is 0. The first-order valence-electron chi connectivity index (χ1n) is 8.97. The van der Waals surface area contributed by atoms with Crippen molar-refractivity contribution in [3.05, 3.63) is 65.2 Å². The predicted molar refractivity (Wildman–Crippen MR) is 97.5 cm³/mol. The van der Waals surface area contributed by atoms with E-state index in [0.717, 1.165) is 29.9 Å². The normalized spacial score (nSPS) is 22.5. The molecule has 6 heteroatoms. The second kappa shape index (κ2) is 7.45. The lowest BCUT2D eigenvalue weighted by molar-refractivity contribution is -0.124. The molecule has 0 aliphatic carbocycles. The maximum absolute atomic E-state index is 12.6. The van der Waals surface area contributed by atoms with Gasteiger partial charge in [-0.2, -0.15) is 0 Å². The summed E-state index contributed by atoms with van der Waals surface area (Å²) < 4.78 is 5.55. The van der Waals surface area contributed by atoms with E-state index in [1.807, 2.05) is 42.5 Å². The van der Waals surface area contributed by atoms with Crippen LogP contribution in [-0.4, -0.2) is 30.3 Å². The smallest absolute Gasteiger partial charge is 0.239 e. The number of nitrogens with one attached hydrogen (secondary N) is 3. The highest BCUT2D eigenvalue weighted by molar-refractivity contribution is 5.82. The molecule has 2 aromatic rings. The van der Waals surface area contributed by atoms with Gasteiger partial charge in [0.2, 0.25) is 5.91 Å². The minimum atomic E-state index is -0.401. The quantitative estimate of drug-likeness (QED) is 0.653. The number of hydrogen-bond acceptors (Lipinski definition) is 5. The van der Waals surface area contributed by atoms with Crippen LogP contribution in [0.4, 0.5) is 0 Å². The molecule has 0 bridgehead atoms. The van der Waals surface area contributed by atoms with Crippen LogP contribution in [0.1, 0.15) is 35.2 Å². The van der Waals surface area contributed by atoms with Gasteiger partial charge in [0.05, 0.1) is 19.3 Å². The van der Waals surface area contributed by atoms with E-state index in [2.05, 4.69) is 22.2 Å². The van der Waals surface area contributed by atoms with Gasteiger partial charge in [-0.25, -0.2) is 10.9 Å². The van der Waals surface area contributed by atoms with Crippen molar-refractivity contribution < 1.29 is 14.6 Å². The van der Waals surface area contributed by atoms with Crippen LogP contribution in [0.2, 0.25) is 0 Å². The van der Waals surface area contributed by atoms with Crippen LogP contribution in [0.15, 0.2) is 48.5 Å². The molecule has 6 nitrogen and oxygen atoms in total. The maximum atomic E-state index is 12.6. The van der Waals surface area contributed by atoms with Crippen LogP contribution < -0.4 is 20.9 Å². The molecule has 1 saturated heterocycles. The van der Waals surface area contributed by atoms with Gasteiger partial charge >= 0.3 is 0 Å². The number of benzene rings is 2. The average Bonchev–Trinajstić information content (AvgIpc) is 3.35. The van der Waals surface area contributed by atoms with Crippen LogP contribution in [0, 0.1) is 0 Å². The van der Waals surface area contributed by atoms with E-state index >= 15 is 0 Å². The molecule has 26 heavy (non-hydrogen) atoms. The molecular formula is C20H23N3O3. The molecule has 0 spiro atoms. The summed E-state index contributed by atoms with van der Waals surface area (Å²) in [4.78, 5) is 12.6. The highest BCUT2D eigenvalue weighted by Crippen LogP contribution is 2.30. The van der Waals surface area contributed by atoms with Crippen molar-refractivity contribution in [2.75, 3.05) is 13.2 Å². The number of amides is 1. The molecule has 2 unspecified atom stereocenters. The molecule has 0 aromatic heterocycles. The van der Waals surface area contributed by atoms with Crippen LogP contribution in [0.25, 0.3) is 0 Å². The number of aliphatic hydroxyl groups is 1. The Labute approximate surface area is 152 Å². The Hall–Kier alpha value is -2.41. The fourth-order valence-electron chi connectivity index (χ4n) is 3.56. The van der Waals surface area contributed by atoms with E-state index in [-0.39, 0.29) is 24.6 Å². The minimum Gasteiger partial charge on any atom is -0.493 e. The van der Waals surface area contributed by atoms with Crippen LogP contribution >= 0.6 is 0 Å². The first-order valence-corrected chi connectivity index (χ1v) is 8.97. The zero-order chi connectivity index (χ0) is 17.9. The molecule has 1 fully saturated rings. The minimum absolute atomic E-state index is 0.0703. The summed E-state index contributed by atoms with van der Waals surface area (Å²) >= 11 is 0. The van der Waals surface area contributed by atoms with Gasteiger partial charge < -0.3 is 15.2 Å². The maximum Gasteiger partial charge on any atom is 0.239 e. The fourth-order valence-corrected chi connectivity index (χ4v) is 3.56. The van der Waals surface area contributed by atoms with Crippen molar-refractivity contribution in [2.24, 2.45) is 0 Å². The second-order valence-corrected chi connectivity index (χ2v) is 6.75. The van der Waals surface area contributed by atoms with Gasteiger partial charge in [-0.15, -0.1) is 0 Å². The third kappa shape index (κ3) is 3.44. The molecule has 0 radical (unpaired) electrons. The Kier molecular flexibility index (Phi) is 4.88. The summed E-state index contributed by atoms with van der Waals surface area (Å²) in [5.74, 6) is 0.843. The van der Waals surface area contributed by atoms with Crippen LogP contribution in [0.5, 0.6) is 5.75 Å². The SMILES string of the molecule is O=C(N[C@H](CO)c1ccccc1)C1CC(c2ccc3c(c2)CCO3)NN1. The zero-order valence-electron chi connectivity index (χ0n) is 14.4. The van der Waals surface area contributed by atoms with E-state index in [1.165, 1.54) is 5.56 Å². The number of carbonyl (C=O) groups is 1. The van der Waals surface area contributed by atoms with Gasteiger partial charge in [-0.05, 0) is 29.2 Å². The van der Waals surface area contributed by atoms with Crippen molar-refractivity contribution in [3.63, 3.8) is 0 Å². The summed E-state index contributed by atoms with van der Waals surface area (Å²) in [5, 5.41) is 12.6. The number of aliphatic hydroxyl groups excluding tert-OH is 1. The van der Waals surface area contributed by atoms with Crippen LogP contribution in [0.3, 0.4) is 0 Å². The van der Waals surface area contributed by atoms with E-state index in [0.29, 0.717) is 6.42 Å². The Morgan fingerprint density at radius 2 is 2.08 bits per heavy atom. The van der Waals surface area contributed by atoms with Crippen molar-refractivity contribution in [1.82, 2.24) is 16.2 Å². The highest BCUT2D eigenvalue weighted by Gasteiger charge is 2.31. The number of rotatable bonds is 5. The molecule has 0 saturated carbocycles. The van der Waals surface area contributed by atoms with Crippen LogP contribution in [-0.2, 0) is 11.2 Å². The Bertz CT molecular complexity index is 781. The molecule has 3 atom stereocenters. The summed E-state index contributed by atoms with van der Waals surface area (Å²) in [6.07, 6.45) is 1.58. The zero-order valence-corrected chi connectivity index (χ0v) is 14.4. The first-order chi connectivity index (χ1) is 12.7. The molecule has 136 valence electrons. The lowest BCUT2D eigenvalue weighted by atomic mass is 9.98. The molecule has 2 aromatic carbocycles. The predicted octanol–water partition coefficient (Wildman–Crippen LogP) is 1.38. The summed E-state index contributed by atoms with van der Waals surface area (Å²) in [6, 6.07) is 15.0. The fraction of sp³-hybridized carbons (Fsp3) is 0.350. The molecular weight excluding hydrogens is 330 g/mol. The lowest BCUT2D eigenvalue weighted by Gasteiger charge is -2.19. The van der Waals surface area contributed by atoms with Crippen molar-refractivity contribution in [2.45, 2.75) is 31.0 Å². The van der Waals surface area contributed by atoms with Gasteiger partial charge in [0.1, 0.15) is 11.8 Å². The first kappa shape index (κ1) is 17.0. The van der Waals surface area contributed by atoms with Gasteiger partial charge in [-0.1, -0.05) is 42.5 Å². The van der Waals surface area contributed by atoms with Gasteiger partial charge in [-0.3, -0.25) is 4.79 Å². The number of ether oxygens (including phenoxy) is 1.